The summed E-state index contributed by atoms with van der Waals surface area (Å²) in [4.78, 5) is 37.4. The van der Waals surface area contributed by atoms with Gasteiger partial charge in [0.1, 0.15) is 13.2 Å². The Hall–Kier alpha value is -4.83. The Balaban J connectivity index is 4.33. The normalized spacial score (nSPS) is 13.9. The van der Waals surface area contributed by atoms with Gasteiger partial charge in [-0.05, 0) is 116 Å². The fourth-order valence-electron chi connectivity index (χ4n) is 7.19. The molecule has 0 aliphatic rings. The number of aliphatic carboxylic acids is 1. The van der Waals surface area contributed by atoms with Gasteiger partial charge in [0.15, 0.2) is 6.10 Å². The Bertz CT molecular complexity index is 1730. The molecule has 2 unspecified atom stereocenters. The number of carbonyl (C=O) groups excluding carboxylic acids is 2. The summed E-state index contributed by atoms with van der Waals surface area (Å²) < 4.78 is 22.8. The van der Waals surface area contributed by atoms with Gasteiger partial charge in [-0.25, -0.2) is 4.79 Å². The maximum Gasteiger partial charge on any atom is 0.361 e. The number of esters is 2. The zero-order valence-corrected chi connectivity index (χ0v) is 47.9. The number of unbranched alkanes of at least 4 members (excludes halogenated alkanes) is 12. The van der Waals surface area contributed by atoms with Gasteiger partial charge < -0.3 is 28.5 Å². The summed E-state index contributed by atoms with van der Waals surface area (Å²) in [6.07, 6.45) is 77.8. The molecule has 0 aromatic rings. The topological polar surface area (TPSA) is 108 Å². The Labute approximate surface area is 458 Å². The van der Waals surface area contributed by atoms with Crippen molar-refractivity contribution in [2.75, 3.05) is 47.5 Å². The van der Waals surface area contributed by atoms with E-state index in [1.165, 1.54) is 32.1 Å². The molecule has 1 N–H and O–H groups in total. The van der Waals surface area contributed by atoms with Gasteiger partial charge in [0.05, 0.1) is 34.4 Å². The van der Waals surface area contributed by atoms with Gasteiger partial charge in [-0.3, -0.25) is 9.59 Å². The monoisotopic (exact) mass is 1040 g/mol. The van der Waals surface area contributed by atoms with Crippen molar-refractivity contribution in [2.24, 2.45) is 0 Å². The fraction of sp³-hybridized carbons (Fsp3) is 0.591. The first-order valence-corrected chi connectivity index (χ1v) is 29.0. The molecule has 0 heterocycles. The van der Waals surface area contributed by atoms with Crippen molar-refractivity contribution >= 4 is 17.9 Å². The molecule has 0 spiro atoms. The van der Waals surface area contributed by atoms with E-state index in [4.69, 9.17) is 18.9 Å². The number of carboxylic acids is 1. The first-order valence-electron chi connectivity index (χ1n) is 29.0. The summed E-state index contributed by atoms with van der Waals surface area (Å²) in [5, 5.41) is 9.70. The van der Waals surface area contributed by atoms with E-state index in [0.29, 0.717) is 23.9 Å². The molecule has 0 saturated heterocycles. The van der Waals surface area contributed by atoms with Crippen molar-refractivity contribution in [1.29, 1.82) is 0 Å². The van der Waals surface area contributed by atoms with Crippen molar-refractivity contribution in [1.82, 2.24) is 0 Å². The molecule has 0 radical (unpaired) electrons. The van der Waals surface area contributed by atoms with Crippen LogP contribution in [-0.2, 0) is 33.3 Å². The smallest absolute Gasteiger partial charge is 0.361 e. The second-order valence-electron chi connectivity index (χ2n) is 19.8. The first kappa shape index (κ1) is 70.2. The van der Waals surface area contributed by atoms with Crippen molar-refractivity contribution < 1.29 is 42.9 Å². The minimum absolute atomic E-state index is 0.172. The van der Waals surface area contributed by atoms with Crippen LogP contribution in [0.4, 0.5) is 0 Å². The van der Waals surface area contributed by atoms with Gasteiger partial charge in [0, 0.05) is 12.8 Å². The van der Waals surface area contributed by atoms with E-state index in [-0.39, 0.29) is 38.6 Å². The molecule has 422 valence electrons. The van der Waals surface area contributed by atoms with Gasteiger partial charge in [0.25, 0.3) is 6.29 Å². The number of allylic oxidation sites excluding steroid dienone is 24. The number of ether oxygens (including phenoxy) is 4. The minimum atomic E-state index is -1.53. The Morgan fingerprint density at radius 1 is 0.400 bits per heavy atom. The van der Waals surface area contributed by atoms with E-state index in [2.05, 4.69) is 160 Å². The number of rotatable bonds is 51. The number of carboxylic acid groups (broad SMARTS) is 1. The van der Waals surface area contributed by atoms with E-state index >= 15 is 0 Å². The predicted molar refractivity (Wildman–Crippen MR) is 317 cm³/mol. The van der Waals surface area contributed by atoms with Gasteiger partial charge in [-0.15, -0.1) is 0 Å². The van der Waals surface area contributed by atoms with Crippen LogP contribution in [0.25, 0.3) is 0 Å². The van der Waals surface area contributed by atoms with Crippen LogP contribution < -0.4 is 0 Å². The van der Waals surface area contributed by atoms with Crippen molar-refractivity contribution in [3.63, 3.8) is 0 Å². The lowest BCUT2D eigenvalue weighted by Crippen LogP contribution is -2.40. The highest BCUT2D eigenvalue weighted by Gasteiger charge is 2.25. The standard InChI is InChI=1S/C66H105NO8/c1-6-8-10-12-14-16-18-20-22-24-26-27-28-29-30-31-32-33-34-35-36-37-39-41-43-45-47-49-51-53-55-57-64(69)75-62(61-74-66(65(70)71)72-59-58-67(3,4)5)60-73-63(68)56-54-52-50-48-46-44-42-40-38-25-23-21-19-17-15-13-11-9-7-2/h8-11,14-17,20-23,26-27,29-30,32-33,35-36,38,40,44,46,62,66H,6-7,12-13,18-19,24-25,28,31,34,37,39,41-43,45,47-61H2,1-5H3/p+1/b10-8-,11-9-,16-14-,17-15-,22-20-,23-21-,27-26-,30-29-,33-32-,36-35-,40-38-,46-44-. The van der Waals surface area contributed by atoms with Crippen LogP contribution in [0, 0.1) is 0 Å². The minimum Gasteiger partial charge on any atom is -0.477 e. The molecule has 75 heavy (non-hydrogen) atoms. The van der Waals surface area contributed by atoms with Gasteiger partial charge in [0.2, 0.25) is 0 Å². The molecule has 9 nitrogen and oxygen atoms in total. The third kappa shape index (κ3) is 56.7. The van der Waals surface area contributed by atoms with Crippen LogP contribution in [0.5, 0.6) is 0 Å². The lowest BCUT2D eigenvalue weighted by atomic mass is 10.1. The number of hydrogen-bond donors (Lipinski definition) is 1. The quantitative estimate of drug-likeness (QED) is 0.0211. The summed E-state index contributed by atoms with van der Waals surface area (Å²) in [6, 6.07) is 0. The molecule has 0 amide bonds. The third-order valence-electron chi connectivity index (χ3n) is 11.6. The third-order valence-corrected chi connectivity index (χ3v) is 11.6. The molecule has 0 aromatic carbocycles. The summed E-state index contributed by atoms with van der Waals surface area (Å²) in [6.45, 7) is 4.57. The van der Waals surface area contributed by atoms with E-state index in [1.54, 1.807) is 0 Å². The molecule has 2 atom stereocenters. The second kappa shape index (κ2) is 55.4. The van der Waals surface area contributed by atoms with Crippen LogP contribution in [-0.4, -0.2) is 87.4 Å². The Morgan fingerprint density at radius 2 is 0.720 bits per heavy atom. The van der Waals surface area contributed by atoms with Crippen LogP contribution >= 0.6 is 0 Å². The van der Waals surface area contributed by atoms with Gasteiger partial charge >= 0.3 is 17.9 Å². The maximum absolute atomic E-state index is 12.9. The van der Waals surface area contributed by atoms with E-state index in [9.17, 15) is 19.5 Å². The van der Waals surface area contributed by atoms with E-state index in [1.807, 2.05) is 21.1 Å². The van der Waals surface area contributed by atoms with Crippen LogP contribution in [0.1, 0.15) is 194 Å². The van der Waals surface area contributed by atoms with Crippen molar-refractivity contribution in [2.45, 2.75) is 206 Å². The highest BCUT2D eigenvalue weighted by molar-refractivity contribution is 5.71. The highest BCUT2D eigenvalue weighted by Crippen LogP contribution is 2.14. The Morgan fingerprint density at radius 3 is 1.08 bits per heavy atom. The zero-order chi connectivity index (χ0) is 54.8. The molecule has 0 rings (SSSR count). The lowest BCUT2D eigenvalue weighted by Gasteiger charge is -2.25. The zero-order valence-electron chi connectivity index (χ0n) is 47.9. The summed E-state index contributed by atoms with van der Waals surface area (Å²) in [5.74, 6) is -2.08. The Kier molecular flexibility index (Phi) is 51.8. The number of quaternary nitrogens is 1. The molecule has 0 bridgehead atoms. The number of likely N-dealkylation sites (N-methyl/N-ethyl adjacent to an activating group) is 1. The lowest BCUT2D eigenvalue weighted by molar-refractivity contribution is -0.870. The van der Waals surface area contributed by atoms with Gasteiger partial charge in [-0.1, -0.05) is 211 Å². The average molecular weight is 1040 g/mol. The number of hydrogen-bond acceptors (Lipinski definition) is 7. The van der Waals surface area contributed by atoms with Gasteiger partial charge in [-0.2, -0.15) is 0 Å². The molecule has 0 aliphatic heterocycles. The van der Waals surface area contributed by atoms with E-state index in [0.717, 1.165) is 122 Å². The summed E-state index contributed by atoms with van der Waals surface area (Å²) in [7, 11) is 5.94. The van der Waals surface area contributed by atoms with Crippen LogP contribution in [0.15, 0.2) is 146 Å². The molecule has 0 saturated carbocycles. The summed E-state index contributed by atoms with van der Waals surface area (Å²) in [5.41, 5.74) is 0. The maximum atomic E-state index is 12.9. The van der Waals surface area contributed by atoms with Crippen LogP contribution in [0.3, 0.4) is 0 Å². The molecular weight excluding hydrogens is 935 g/mol. The molecule has 0 aliphatic carbocycles. The second-order valence-corrected chi connectivity index (χ2v) is 19.8. The molecule has 0 aromatic heterocycles. The van der Waals surface area contributed by atoms with Crippen molar-refractivity contribution in [3.8, 4) is 0 Å². The molecule has 0 fully saturated rings. The highest BCUT2D eigenvalue weighted by atomic mass is 16.7. The average Bonchev–Trinajstić information content (AvgIpc) is 3.38. The number of carbonyl (C=O) groups is 3. The first-order chi connectivity index (χ1) is 36.6. The van der Waals surface area contributed by atoms with Crippen LogP contribution in [0.2, 0.25) is 0 Å². The summed E-state index contributed by atoms with van der Waals surface area (Å²) >= 11 is 0. The van der Waals surface area contributed by atoms with Crippen molar-refractivity contribution in [3.05, 3.63) is 146 Å². The SMILES string of the molecule is CC/C=C\C/C=C\C/C=C\C/C=C\C/C=C\C/C=C\C/C=C\CCCCCCCCCCCC(=O)OC(COC(=O)CCCCC/C=C\C/C=C\C/C=C\C/C=C\C/C=C\CC)COC(OCC[N+](C)(C)C)C(=O)O. The number of nitrogens with zero attached hydrogens (tertiary/aromatic N) is 1. The fourth-order valence-corrected chi connectivity index (χ4v) is 7.19. The largest absolute Gasteiger partial charge is 0.477 e. The van der Waals surface area contributed by atoms with E-state index < -0.39 is 24.3 Å². The molecule has 9 heteroatoms. The molecular formula is C66H106NO8+. The predicted octanol–water partition coefficient (Wildman–Crippen LogP) is 17.2.